The number of aryl methyl sites for hydroxylation is 2. The second-order valence-electron chi connectivity index (χ2n) is 10.5. The number of phenolic OH excluding ortho intramolecular Hbond substituents is 1. The Bertz CT molecular complexity index is 1550. The molecule has 2 aliphatic heterocycles. The molecule has 2 aliphatic rings. The predicted octanol–water partition coefficient (Wildman–Crippen LogP) is 5.05. The Morgan fingerprint density at radius 3 is 2.40 bits per heavy atom. The fourth-order valence-corrected chi connectivity index (χ4v) is 5.76. The highest BCUT2D eigenvalue weighted by Crippen LogP contribution is 2.33. The zero-order valence-electron chi connectivity index (χ0n) is 22.6. The van der Waals surface area contributed by atoms with Crippen molar-refractivity contribution in [3.05, 3.63) is 89.9 Å². The quantitative estimate of drug-likeness (QED) is 0.265. The van der Waals surface area contributed by atoms with Gasteiger partial charge in [-0.2, -0.15) is 0 Å². The minimum Gasteiger partial charge on any atom is -0.506 e. The highest BCUT2D eigenvalue weighted by molar-refractivity contribution is 6.47. The fraction of sp³-hybridized carbons (Fsp3) is 0.281. The van der Waals surface area contributed by atoms with E-state index in [1.54, 1.807) is 12.1 Å². The van der Waals surface area contributed by atoms with Crippen molar-refractivity contribution in [1.82, 2.24) is 9.55 Å². The highest BCUT2D eigenvalue weighted by Gasteiger charge is 2.28. The summed E-state index contributed by atoms with van der Waals surface area (Å²) in [5, 5.41) is 13.6. The van der Waals surface area contributed by atoms with Crippen molar-refractivity contribution in [2.75, 3.05) is 41.3 Å². The number of piperazine rings is 1. The molecule has 1 saturated heterocycles. The summed E-state index contributed by atoms with van der Waals surface area (Å²) in [7, 11) is 0. The van der Waals surface area contributed by atoms with Gasteiger partial charge in [-0.3, -0.25) is 9.59 Å². The predicted molar refractivity (Wildman–Crippen MR) is 157 cm³/mol. The van der Waals surface area contributed by atoms with Crippen LogP contribution in [0.4, 0.5) is 17.2 Å². The molecule has 8 heteroatoms. The van der Waals surface area contributed by atoms with E-state index in [1.165, 1.54) is 11.6 Å². The van der Waals surface area contributed by atoms with Gasteiger partial charge in [-0.15, -0.1) is 0 Å². The maximum Gasteiger partial charge on any atom is 0.298 e. The van der Waals surface area contributed by atoms with Crippen molar-refractivity contribution in [2.45, 2.75) is 32.7 Å². The molecular formula is C32H33N5O3. The number of rotatable bonds is 6. The van der Waals surface area contributed by atoms with Crippen LogP contribution in [0.2, 0.25) is 0 Å². The summed E-state index contributed by atoms with van der Waals surface area (Å²) < 4.78 is 2.00. The van der Waals surface area contributed by atoms with Crippen LogP contribution in [0.1, 0.15) is 34.6 Å². The number of amides is 1. The Hall–Kier alpha value is -4.59. The lowest BCUT2D eigenvalue weighted by Crippen LogP contribution is -2.46. The van der Waals surface area contributed by atoms with Gasteiger partial charge in [0.2, 0.25) is 0 Å². The van der Waals surface area contributed by atoms with Gasteiger partial charge in [0.15, 0.2) is 0 Å². The van der Waals surface area contributed by atoms with Gasteiger partial charge in [0, 0.05) is 61.9 Å². The number of nitrogens with one attached hydrogen (secondary N) is 1. The normalized spacial score (nSPS) is 15.0. The van der Waals surface area contributed by atoms with Crippen molar-refractivity contribution < 1.29 is 14.7 Å². The third-order valence-corrected chi connectivity index (χ3v) is 7.83. The SMILES string of the molecule is Cc1ccnc(N2CCN(c3ccc(NC(=O)C(=O)c4c(-c5ccccc5)cc5n4CCCC5)cc3O)CC2)c1. The van der Waals surface area contributed by atoms with E-state index >= 15 is 0 Å². The molecule has 204 valence electrons. The number of pyridine rings is 1. The summed E-state index contributed by atoms with van der Waals surface area (Å²) in [6, 6.07) is 20.9. The Labute approximate surface area is 233 Å². The van der Waals surface area contributed by atoms with Gasteiger partial charge < -0.3 is 24.8 Å². The first-order valence-electron chi connectivity index (χ1n) is 13.9. The molecule has 0 aliphatic carbocycles. The average molecular weight is 536 g/mol. The second-order valence-corrected chi connectivity index (χ2v) is 10.5. The fourth-order valence-electron chi connectivity index (χ4n) is 5.76. The number of carbonyl (C=O) groups excluding carboxylic acids is 2. The number of nitrogens with zero attached hydrogens (tertiary/aromatic N) is 4. The van der Waals surface area contributed by atoms with Crippen LogP contribution in [0, 0.1) is 6.92 Å². The van der Waals surface area contributed by atoms with Gasteiger partial charge in [-0.1, -0.05) is 30.3 Å². The van der Waals surface area contributed by atoms with Crippen LogP contribution in [0.15, 0.2) is 72.9 Å². The Balaban J connectivity index is 1.16. The van der Waals surface area contributed by atoms with Gasteiger partial charge >= 0.3 is 0 Å². The van der Waals surface area contributed by atoms with Gasteiger partial charge in [0.25, 0.3) is 11.7 Å². The molecule has 2 aromatic heterocycles. The van der Waals surface area contributed by atoms with Crippen molar-refractivity contribution in [2.24, 2.45) is 0 Å². The summed E-state index contributed by atoms with van der Waals surface area (Å²) in [6.07, 6.45) is 4.76. The van der Waals surface area contributed by atoms with Crippen molar-refractivity contribution in [1.29, 1.82) is 0 Å². The van der Waals surface area contributed by atoms with Crippen LogP contribution in [-0.2, 0) is 17.8 Å². The largest absolute Gasteiger partial charge is 0.506 e. The van der Waals surface area contributed by atoms with Gasteiger partial charge in [-0.25, -0.2) is 4.98 Å². The topological polar surface area (TPSA) is 90.7 Å². The minimum atomic E-state index is -0.713. The minimum absolute atomic E-state index is 0.0671. The zero-order valence-corrected chi connectivity index (χ0v) is 22.6. The lowest BCUT2D eigenvalue weighted by molar-refractivity contribution is -0.112. The molecule has 0 radical (unpaired) electrons. The number of hydrogen-bond donors (Lipinski definition) is 2. The van der Waals surface area contributed by atoms with E-state index in [1.807, 2.05) is 53.2 Å². The van der Waals surface area contributed by atoms with Crippen LogP contribution in [0.25, 0.3) is 11.1 Å². The first-order chi connectivity index (χ1) is 19.5. The van der Waals surface area contributed by atoms with Crippen molar-refractivity contribution in [3.63, 3.8) is 0 Å². The van der Waals surface area contributed by atoms with E-state index < -0.39 is 11.7 Å². The van der Waals surface area contributed by atoms with E-state index in [0.717, 1.165) is 74.6 Å². The number of anilines is 3. The zero-order chi connectivity index (χ0) is 27.6. The van der Waals surface area contributed by atoms with Crippen LogP contribution >= 0.6 is 0 Å². The summed E-state index contributed by atoms with van der Waals surface area (Å²) in [6.45, 7) is 5.81. The first kappa shape index (κ1) is 25.7. The molecule has 1 fully saturated rings. The summed E-state index contributed by atoms with van der Waals surface area (Å²) in [5.74, 6) is -0.254. The second kappa shape index (κ2) is 10.9. The molecule has 0 atom stereocenters. The van der Waals surface area contributed by atoms with Crippen molar-refractivity contribution >= 4 is 28.9 Å². The third kappa shape index (κ3) is 5.04. The maximum atomic E-state index is 13.5. The smallest absolute Gasteiger partial charge is 0.298 e. The van der Waals surface area contributed by atoms with Crippen LogP contribution < -0.4 is 15.1 Å². The number of aromatic nitrogens is 2. The molecule has 2 aromatic carbocycles. The van der Waals surface area contributed by atoms with Crippen molar-refractivity contribution in [3.8, 4) is 16.9 Å². The lowest BCUT2D eigenvalue weighted by Gasteiger charge is -2.37. The summed E-state index contributed by atoms with van der Waals surface area (Å²) >= 11 is 0. The number of aromatic hydroxyl groups is 1. The Kier molecular flexibility index (Phi) is 6.99. The number of fused-ring (bicyclic) bond motifs is 1. The van der Waals surface area contributed by atoms with E-state index in [-0.39, 0.29) is 5.75 Å². The Morgan fingerprint density at radius 1 is 0.875 bits per heavy atom. The first-order valence-corrected chi connectivity index (χ1v) is 13.9. The molecule has 0 spiro atoms. The van der Waals surface area contributed by atoms with E-state index in [9.17, 15) is 14.7 Å². The third-order valence-electron chi connectivity index (χ3n) is 7.83. The molecule has 8 nitrogen and oxygen atoms in total. The van der Waals surface area contributed by atoms with Gasteiger partial charge in [-0.05, 0) is 67.6 Å². The molecule has 0 unspecified atom stereocenters. The molecule has 0 saturated carbocycles. The molecule has 1 amide bonds. The van der Waals surface area contributed by atoms with Crippen LogP contribution in [0.5, 0.6) is 5.75 Å². The molecule has 0 bridgehead atoms. The van der Waals surface area contributed by atoms with Gasteiger partial charge in [0.1, 0.15) is 17.3 Å². The number of hydrogen-bond acceptors (Lipinski definition) is 6. The van der Waals surface area contributed by atoms with Crippen LogP contribution in [0.3, 0.4) is 0 Å². The average Bonchev–Trinajstić information content (AvgIpc) is 3.37. The number of benzene rings is 2. The standard InChI is InChI=1S/C32H33N5O3/c1-22-12-13-33-29(19-22)36-17-15-35(16-18-36)27-11-10-24(20-28(27)38)34-32(40)31(39)30-26(23-7-3-2-4-8-23)21-25-9-5-6-14-37(25)30/h2-4,7-8,10-13,19-21,38H,5-6,9,14-18H2,1H3,(H,34,40). The molecule has 4 heterocycles. The number of carbonyl (C=O) groups is 2. The van der Waals surface area contributed by atoms with E-state index in [4.69, 9.17) is 0 Å². The molecule has 40 heavy (non-hydrogen) atoms. The van der Waals surface area contributed by atoms with E-state index in [0.29, 0.717) is 17.1 Å². The molecule has 6 rings (SSSR count). The maximum absolute atomic E-state index is 13.5. The number of Topliss-reactive ketones (excluding diaryl/α,β-unsaturated/α-hetero) is 1. The highest BCUT2D eigenvalue weighted by atomic mass is 16.3. The molecular weight excluding hydrogens is 502 g/mol. The lowest BCUT2D eigenvalue weighted by atomic mass is 10.0. The van der Waals surface area contributed by atoms with Crippen LogP contribution in [-0.4, -0.2) is 52.5 Å². The number of ketones is 1. The number of phenols is 1. The monoisotopic (exact) mass is 535 g/mol. The molecule has 4 aromatic rings. The summed E-state index contributed by atoms with van der Waals surface area (Å²) in [4.78, 5) is 35.6. The Morgan fingerprint density at radius 2 is 1.65 bits per heavy atom. The summed E-state index contributed by atoms with van der Waals surface area (Å²) in [5.41, 5.74) is 5.48. The van der Waals surface area contributed by atoms with E-state index in [2.05, 4.69) is 33.1 Å². The van der Waals surface area contributed by atoms with Gasteiger partial charge in [0.05, 0.1) is 5.69 Å². The molecule has 2 N–H and O–H groups in total.